The maximum absolute atomic E-state index is 13.0. The van der Waals surface area contributed by atoms with Crippen molar-refractivity contribution in [2.75, 3.05) is 18.4 Å². The third kappa shape index (κ3) is 5.42. The second kappa shape index (κ2) is 9.74. The maximum Gasteiger partial charge on any atom is 0.255 e. The number of rotatable bonds is 6. The van der Waals surface area contributed by atoms with E-state index in [-0.39, 0.29) is 23.0 Å². The number of ether oxygens (including phenoxy) is 2. The van der Waals surface area contributed by atoms with Gasteiger partial charge in [0, 0.05) is 18.7 Å². The minimum absolute atomic E-state index is 0.146. The van der Waals surface area contributed by atoms with Crippen LogP contribution in [0.4, 0.5) is 5.69 Å². The molecule has 1 aliphatic heterocycles. The number of hydrogen-bond donors (Lipinski definition) is 1. The molecule has 0 aliphatic carbocycles. The van der Waals surface area contributed by atoms with Gasteiger partial charge in [0.05, 0.1) is 22.8 Å². The van der Waals surface area contributed by atoms with E-state index in [0.29, 0.717) is 35.8 Å². The van der Waals surface area contributed by atoms with Crippen molar-refractivity contribution in [2.45, 2.75) is 31.0 Å². The number of anilines is 1. The Kier molecular flexibility index (Phi) is 6.78. The van der Waals surface area contributed by atoms with Gasteiger partial charge in [-0.1, -0.05) is 30.3 Å². The first-order valence-electron chi connectivity index (χ1n) is 10.7. The van der Waals surface area contributed by atoms with Crippen LogP contribution in [0.25, 0.3) is 0 Å². The summed E-state index contributed by atoms with van der Waals surface area (Å²) in [6.45, 7) is 4.30. The van der Waals surface area contributed by atoms with Crippen LogP contribution in [0.15, 0.2) is 83.8 Å². The van der Waals surface area contributed by atoms with Crippen molar-refractivity contribution in [3.8, 4) is 11.5 Å². The molecule has 1 fully saturated rings. The van der Waals surface area contributed by atoms with Crippen molar-refractivity contribution in [2.24, 2.45) is 0 Å². The van der Waals surface area contributed by atoms with E-state index in [1.54, 1.807) is 18.2 Å². The van der Waals surface area contributed by atoms with Crippen LogP contribution in [0.5, 0.6) is 11.5 Å². The lowest BCUT2D eigenvalue weighted by Gasteiger charge is -2.34. The molecular formula is C25H26N2O5S. The number of carbonyl (C=O) groups excluding carboxylic acids is 1. The molecule has 0 unspecified atom stereocenters. The van der Waals surface area contributed by atoms with Crippen molar-refractivity contribution < 1.29 is 22.7 Å². The topological polar surface area (TPSA) is 84.9 Å². The fraction of sp³-hybridized carbons (Fsp3) is 0.240. The first-order chi connectivity index (χ1) is 15.8. The van der Waals surface area contributed by atoms with Gasteiger partial charge in [0.1, 0.15) is 5.75 Å². The summed E-state index contributed by atoms with van der Waals surface area (Å²) < 4.78 is 39.0. The number of nitrogens with one attached hydrogen (secondary N) is 1. The van der Waals surface area contributed by atoms with E-state index in [2.05, 4.69) is 5.32 Å². The quantitative estimate of drug-likeness (QED) is 0.577. The fourth-order valence-corrected chi connectivity index (χ4v) is 5.31. The molecule has 2 atom stereocenters. The van der Waals surface area contributed by atoms with Crippen LogP contribution in [0.2, 0.25) is 0 Å². The number of sulfonamides is 1. The summed E-state index contributed by atoms with van der Waals surface area (Å²) in [5.74, 6) is 0.795. The summed E-state index contributed by atoms with van der Waals surface area (Å²) in [5, 5.41) is 2.84. The molecule has 3 aromatic rings. The lowest BCUT2D eigenvalue weighted by Crippen LogP contribution is -2.48. The molecule has 0 spiro atoms. The van der Waals surface area contributed by atoms with Gasteiger partial charge in [-0.25, -0.2) is 8.42 Å². The smallest absolute Gasteiger partial charge is 0.255 e. The molecule has 172 valence electrons. The molecule has 0 radical (unpaired) electrons. The van der Waals surface area contributed by atoms with E-state index in [1.807, 2.05) is 50.2 Å². The van der Waals surface area contributed by atoms with E-state index in [1.165, 1.54) is 28.6 Å². The van der Waals surface area contributed by atoms with Gasteiger partial charge in [0.15, 0.2) is 5.75 Å². The minimum Gasteiger partial charge on any atom is -0.455 e. The predicted molar refractivity (Wildman–Crippen MR) is 126 cm³/mol. The Labute approximate surface area is 194 Å². The number of carbonyl (C=O) groups is 1. The lowest BCUT2D eigenvalue weighted by atomic mass is 10.2. The average Bonchev–Trinajstić information content (AvgIpc) is 2.80. The van der Waals surface area contributed by atoms with Gasteiger partial charge in [-0.2, -0.15) is 4.31 Å². The van der Waals surface area contributed by atoms with Crippen molar-refractivity contribution in [1.29, 1.82) is 0 Å². The zero-order valence-corrected chi connectivity index (χ0v) is 19.3. The van der Waals surface area contributed by atoms with Crippen molar-refractivity contribution >= 4 is 21.6 Å². The molecule has 1 saturated heterocycles. The van der Waals surface area contributed by atoms with Crippen LogP contribution in [0, 0.1) is 0 Å². The molecule has 1 N–H and O–H groups in total. The zero-order valence-electron chi connectivity index (χ0n) is 18.5. The molecule has 0 aromatic heterocycles. The largest absolute Gasteiger partial charge is 0.455 e. The van der Waals surface area contributed by atoms with Gasteiger partial charge in [-0.3, -0.25) is 4.79 Å². The average molecular weight is 467 g/mol. The Balaban J connectivity index is 1.48. The highest BCUT2D eigenvalue weighted by molar-refractivity contribution is 7.89. The second-order valence-corrected chi connectivity index (χ2v) is 9.91. The van der Waals surface area contributed by atoms with Crippen LogP contribution >= 0.6 is 0 Å². The maximum atomic E-state index is 13.0. The zero-order chi connectivity index (χ0) is 23.4. The third-order valence-corrected chi connectivity index (χ3v) is 7.09. The number of hydrogen-bond acceptors (Lipinski definition) is 5. The highest BCUT2D eigenvalue weighted by atomic mass is 32.2. The summed E-state index contributed by atoms with van der Waals surface area (Å²) in [6, 6.07) is 22.3. The summed E-state index contributed by atoms with van der Waals surface area (Å²) >= 11 is 0. The van der Waals surface area contributed by atoms with E-state index in [9.17, 15) is 13.2 Å². The fourth-order valence-electron chi connectivity index (χ4n) is 3.72. The Morgan fingerprint density at radius 2 is 1.52 bits per heavy atom. The molecule has 8 heteroatoms. The Morgan fingerprint density at radius 3 is 2.18 bits per heavy atom. The van der Waals surface area contributed by atoms with Gasteiger partial charge < -0.3 is 14.8 Å². The Morgan fingerprint density at radius 1 is 0.909 bits per heavy atom. The Bertz CT molecular complexity index is 1200. The van der Waals surface area contributed by atoms with E-state index in [4.69, 9.17) is 9.47 Å². The van der Waals surface area contributed by atoms with Gasteiger partial charge in [0.25, 0.3) is 5.91 Å². The van der Waals surface area contributed by atoms with E-state index < -0.39 is 10.0 Å². The summed E-state index contributed by atoms with van der Waals surface area (Å²) in [4.78, 5) is 13.0. The highest BCUT2D eigenvalue weighted by Gasteiger charge is 2.32. The summed E-state index contributed by atoms with van der Waals surface area (Å²) in [7, 11) is -3.67. The first-order valence-corrected chi connectivity index (χ1v) is 12.2. The van der Waals surface area contributed by atoms with Gasteiger partial charge in [-0.15, -0.1) is 0 Å². The van der Waals surface area contributed by atoms with Crippen LogP contribution in [-0.4, -0.2) is 43.9 Å². The van der Waals surface area contributed by atoms with Crippen molar-refractivity contribution in [3.05, 3.63) is 84.4 Å². The summed E-state index contributed by atoms with van der Waals surface area (Å²) in [6.07, 6.45) is -0.349. The van der Waals surface area contributed by atoms with Gasteiger partial charge in [0.2, 0.25) is 10.0 Å². The predicted octanol–water partition coefficient (Wildman–Crippen LogP) is 4.53. The minimum atomic E-state index is -3.67. The van der Waals surface area contributed by atoms with Crippen molar-refractivity contribution in [1.82, 2.24) is 4.31 Å². The molecule has 7 nitrogen and oxygen atoms in total. The highest BCUT2D eigenvalue weighted by Crippen LogP contribution is 2.29. The molecule has 1 heterocycles. The second-order valence-electron chi connectivity index (χ2n) is 7.97. The normalized spacial score (nSPS) is 19.1. The molecular weight excluding hydrogens is 440 g/mol. The van der Waals surface area contributed by atoms with E-state index >= 15 is 0 Å². The monoisotopic (exact) mass is 466 g/mol. The molecule has 1 aliphatic rings. The standard InChI is InChI=1S/C25H26N2O5S/c1-18-16-27(17-19(2)31-18)33(29,30)22-14-12-20(13-15-22)25(28)26-23-10-6-7-11-24(23)32-21-8-4-3-5-9-21/h3-15,18-19H,16-17H2,1-2H3,(H,26,28)/t18-,19-/m1/s1. The number of morpholine rings is 1. The van der Waals surface area contributed by atoms with Gasteiger partial charge in [-0.05, 0) is 62.4 Å². The van der Waals surface area contributed by atoms with Crippen molar-refractivity contribution in [3.63, 3.8) is 0 Å². The molecule has 0 bridgehead atoms. The van der Waals surface area contributed by atoms with Gasteiger partial charge >= 0.3 is 0 Å². The third-order valence-electron chi connectivity index (χ3n) is 5.25. The lowest BCUT2D eigenvalue weighted by molar-refractivity contribution is -0.0440. The molecule has 3 aromatic carbocycles. The molecule has 4 rings (SSSR count). The number of amides is 1. The summed E-state index contributed by atoms with van der Waals surface area (Å²) in [5.41, 5.74) is 0.853. The van der Waals surface area contributed by atoms with Crippen LogP contribution < -0.4 is 10.1 Å². The molecule has 0 saturated carbocycles. The number of nitrogens with zero attached hydrogens (tertiary/aromatic N) is 1. The van der Waals surface area contributed by atoms with Crippen LogP contribution in [0.3, 0.4) is 0 Å². The SMILES string of the molecule is C[C@@H]1CN(S(=O)(=O)c2ccc(C(=O)Nc3ccccc3Oc3ccccc3)cc2)C[C@@H](C)O1. The first kappa shape index (κ1) is 23.0. The number of benzene rings is 3. The van der Waals surface area contributed by atoms with E-state index in [0.717, 1.165) is 0 Å². The Hall–Kier alpha value is -3.20. The van der Waals surface area contributed by atoms with Crippen LogP contribution in [0.1, 0.15) is 24.2 Å². The molecule has 33 heavy (non-hydrogen) atoms. The number of para-hydroxylation sites is 3. The van der Waals surface area contributed by atoms with Crippen LogP contribution in [-0.2, 0) is 14.8 Å². The molecule has 1 amide bonds.